The molecule has 1 aromatic rings. The average molecular weight is 195 g/mol. The number of rotatable bonds is 1. The van der Waals surface area contributed by atoms with Crippen molar-refractivity contribution in [3.05, 3.63) is 23.6 Å². The highest BCUT2D eigenvalue weighted by molar-refractivity contribution is 5.79. The van der Waals surface area contributed by atoms with Crippen LogP contribution in [0, 0.1) is 5.95 Å². The fourth-order valence-corrected chi connectivity index (χ4v) is 1.59. The van der Waals surface area contributed by atoms with Crippen LogP contribution in [0.2, 0.25) is 0 Å². The Labute approximate surface area is 80.3 Å². The lowest BCUT2D eigenvalue weighted by molar-refractivity contribution is -0.119. The molecule has 2 heterocycles. The maximum atomic E-state index is 13.3. The fraction of sp³-hybridized carbons (Fsp3) is 0.333. The van der Waals surface area contributed by atoms with Gasteiger partial charge in [-0.3, -0.25) is 4.79 Å². The quantitative estimate of drug-likeness (QED) is 0.637. The zero-order valence-electron chi connectivity index (χ0n) is 7.46. The van der Waals surface area contributed by atoms with Crippen molar-refractivity contribution in [3.8, 4) is 0 Å². The summed E-state index contributed by atoms with van der Waals surface area (Å²) in [6.45, 7) is 0.474. The lowest BCUT2D eigenvalue weighted by Gasteiger charge is -2.07. The summed E-state index contributed by atoms with van der Waals surface area (Å²) in [7, 11) is 0. The van der Waals surface area contributed by atoms with Gasteiger partial charge in [0.05, 0.1) is 0 Å². The maximum absolute atomic E-state index is 13.3. The van der Waals surface area contributed by atoms with Gasteiger partial charge in [-0.05, 0) is 6.07 Å². The van der Waals surface area contributed by atoms with E-state index in [1.165, 1.54) is 0 Å². The summed E-state index contributed by atoms with van der Waals surface area (Å²) in [4.78, 5) is 14.4. The Hall–Kier alpha value is -1.65. The zero-order valence-corrected chi connectivity index (χ0v) is 7.46. The molecule has 1 aliphatic heterocycles. The van der Waals surface area contributed by atoms with Gasteiger partial charge in [0.25, 0.3) is 0 Å². The highest BCUT2D eigenvalue weighted by atomic mass is 19.1. The number of carbonyl (C=O) groups excluding carboxylic acids is 1. The van der Waals surface area contributed by atoms with Gasteiger partial charge in [-0.15, -0.1) is 0 Å². The highest BCUT2D eigenvalue weighted by Gasteiger charge is 2.25. The van der Waals surface area contributed by atoms with Crippen molar-refractivity contribution in [1.29, 1.82) is 0 Å². The molecule has 14 heavy (non-hydrogen) atoms. The van der Waals surface area contributed by atoms with Crippen molar-refractivity contribution in [2.75, 3.05) is 12.3 Å². The average Bonchev–Trinajstić information content (AvgIpc) is 2.51. The molecule has 1 aliphatic rings. The summed E-state index contributed by atoms with van der Waals surface area (Å²) in [6, 6.07) is 3.13. The number of anilines is 1. The van der Waals surface area contributed by atoms with Gasteiger partial charge in [0.15, 0.2) is 0 Å². The Bertz CT molecular complexity index is 380. The predicted octanol–water partition coefficient (Wildman–Crippen LogP) is 0.406. The van der Waals surface area contributed by atoms with Crippen LogP contribution in [0.25, 0.3) is 0 Å². The maximum Gasteiger partial charge on any atom is 0.220 e. The van der Waals surface area contributed by atoms with Crippen LogP contribution in [-0.2, 0) is 4.79 Å². The number of pyridine rings is 1. The number of hydrogen-bond acceptors (Lipinski definition) is 3. The summed E-state index contributed by atoms with van der Waals surface area (Å²) in [6.07, 6.45) is 0.322. The number of nitrogens with one attached hydrogen (secondary N) is 1. The molecule has 5 heteroatoms. The third-order valence-electron chi connectivity index (χ3n) is 2.32. The lowest BCUT2D eigenvalue weighted by Crippen LogP contribution is -2.14. The first-order valence-corrected chi connectivity index (χ1v) is 4.35. The monoisotopic (exact) mass is 195 g/mol. The number of hydrogen-bond donors (Lipinski definition) is 2. The van der Waals surface area contributed by atoms with Crippen LogP contribution in [0.3, 0.4) is 0 Å². The number of aromatic nitrogens is 1. The van der Waals surface area contributed by atoms with E-state index in [1.807, 2.05) is 0 Å². The summed E-state index contributed by atoms with van der Waals surface area (Å²) in [5, 5.41) is 2.65. The van der Waals surface area contributed by atoms with Crippen LogP contribution in [0.5, 0.6) is 0 Å². The summed E-state index contributed by atoms with van der Waals surface area (Å²) in [5.41, 5.74) is 5.78. The first-order chi connectivity index (χ1) is 6.66. The normalized spacial score (nSPS) is 20.9. The van der Waals surface area contributed by atoms with E-state index >= 15 is 0 Å². The predicted molar refractivity (Wildman–Crippen MR) is 49.0 cm³/mol. The van der Waals surface area contributed by atoms with Crippen LogP contribution >= 0.6 is 0 Å². The Morgan fingerprint density at radius 1 is 1.57 bits per heavy atom. The largest absolute Gasteiger partial charge is 0.384 e. The van der Waals surface area contributed by atoms with Crippen molar-refractivity contribution in [1.82, 2.24) is 10.3 Å². The SMILES string of the molecule is Nc1ccc(C2CNC(=O)C2)c(F)n1. The van der Waals surface area contributed by atoms with Crippen LogP contribution in [-0.4, -0.2) is 17.4 Å². The smallest absolute Gasteiger partial charge is 0.220 e. The minimum atomic E-state index is -0.577. The molecule has 1 atom stereocenters. The molecule has 0 radical (unpaired) electrons. The topological polar surface area (TPSA) is 68.0 Å². The fourth-order valence-electron chi connectivity index (χ4n) is 1.59. The van der Waals surface area contributed by atoms with Crippen molar-refractivity contribution in [3.63, 3.8) is 0 Å². The van der Waals surface area contributed by atoms with E-state index in [2.05, 4.69) is 10.3 Å². The minimum absolute atomic E-state index is 0.0498. The standard InChI is InChI=1S/C9H10FN3O/c10-9-6(1-2-7(11)13-9)5-3-8(14)12-4-5/h1-2,5H,3-4H2,(H2,11,13)(H,12,14). The molecule has 1 amide bonds. The molecule has 0 saturated carbocycles. The molecule has 1 unspecified atom stereocenters. The molecule has 1 aromatic heterocycles. The van der Waals surface area contributed by atoms with E-state index in [0.717, 1.165) is 0 Å². The second-order valence-corrected chi connectivity index (χ2v) is 3.32. The van der Waals surface area contributed by atoms with E-state index in [0.29, 0.717) is 18.5 Å². The first kappa shape index (κ1) is 8.93. The molecule has 0 aromatic carbocycles. The van der Waals surface area contributed by atoms with Gasteiger partial charge in [-0.25, -0.2) is 4.98 Å². The van der Waals surface area contributed by atoms with Crippen molar-refractivity contribution >= 4 is 11.7 Å². The lowest BCUT2D eigenvalue weighted by atomic mass is 10.00. The zero-order chi connectivity index (χ0) is 10.1. The number of carbonyl (C=O) groups is 1. The summed E-state index contributed by atoms with van der Waals surface area (Å²) in [5.74, 6) is -0.586. The Morgan fingerprint density at radius 3 is 2.93 bits per heavy atom. The van der Waals surface area contributed by atoms with Gasteiger partial charge in [-0.1, -0.05) is 6.07 Å². The molecular formula is C9H10FN3O. The third kappa shape index (κ3) is 1.53. The minimum Gasteiger partial charge on any atom is -0.384 e. The van der Waals surface area contributed by atoms with Gasteiger partial charge in [0, 0.05) is 24.4 Å². The van der Waals surface area contributed by atoms with E-state index in [-0.39, 0.29) is 17.6 Å². The molecule has 0 bridgehead atoms. The molecule has 1 saturated heterocycles. The van der Waals surface area contributed by atoms with E-state index < -0.39 is 5.95 Å². The molecule has 0 aliphatic carbocycles. The van der Waals surface area contributed by atoms with Crippen LogP contribution in [0.15, 0.2) is 12.1 Å². The molecule has 4 nitrogen and oxygen atoms in total. The number of amides is 1. The number of halogens is 1. The van der Waals surface area contributed by atoms with E-state index in [9.17, 15) is 9.18 Å². The van der Waals surface area contributed by atoms with Crippen molar-refractivity contribution < 1.29 is 9.18 Å². The van der Waals surface area contributed by atoms with E-state index in [1.54, 1.807) is 12.1 Å². The van der Waals surface area contributed by atoms with Crippen LogP contribution < -0.4 is 11.1 Å². The molecular weight excluding hydrogens is 185 g/mol. The third-order valence-corrected chi connectivity index (χ3v) is 2.32. The molecule has 74 valence electrons. The number of nitrogen functional groups attached to an aromatic ring is 1. The van der Waals surface area contributed by atoms with Crippen molar-refractivity contribution in [2.45, 2.75) is 12.3 Å². The molecule has 0 spiro atoms. The molecule has 3 N–H and O–H groups in total. The van der Waals surface area contributed by atoms with Crippen molar-refractivity contribution in [2.24, 2.45) is 0 Å². The second-order valence-electron chi connectivity index (χ2n) is 3.32. The van der Waals surface area contributed by atoms with Gasteiger partial charge in [0.1, 0.15) is 5.82 Å². The van der Waals surface area contributed by atoms with Crippen LogP contribution in [0.1, 0.15) is 17.9 Å². The van der Waals surface area contributed by atoms with Crippen LogP contribution in [0.4, 0.5) is 10.2 Å². The van der Waals surface area contributed by atoms with Gasteiger partial charge in [-0.2, -0.15) is 4.39 Å². The molecule has 1 fully saturated rings. The summed E-state index contributed by atoms with van der Waals surface area (Å²) < 4.78 is 13.3. The Morgan fingerprint density at radius 2 is 2.36 bits per heavy atom. The second kappa shape index (κ2) is 3.25. The Balaban J connectivity index is 2.28. The summed E-state index contributed by atoms with van der Waals surface area (Å²) >= 11 is 0. The van der Waals surface area contributed by atoms with Gasteiger partial charge >= 0.3 is 0 Å². The highest BCUT2D eigenvalue weighted by Crippen LogP contribution is 2.24. The Kier molecular flexibility index (Phi) is 2.07. The van der Waals surface area contributed by atoms with Gasteiger partial charge in [0.2, 0.25) is 11.9 Å². The first-order valence-electron chi connectivity index (χ1n) is 4.35. The van der Waals surface area contributed by atoms with Gasteiger partial charge < -0.3 is 11.1 Å². The molecule has 2 rings (SSSR count). The van der Waals surface area contributed by atoms with E-state index in [4.69, 9.17) is 5.73 Å². The number of nitrogens with two attached hydrogens (primary N) is 1. The number of nitrogens with zero attached hydrogens (tertiary/aromatic N) is 1.